The quantitative estimate of drug-likeness (QED) is 0.0195. The van der Waals surface area contributed by atoms with Crippen LogP contribution in [0, 0.1) is 0 Å². The van der Waals surface area contributed by atoms with Crippen molar-refractivity contribution in [3.05, 3.63) is 36.5 Å². The smallest absolute Gasteiger partial charge is 0.306 e. The van der Waals surface area contributed by atoms with E-state index in [9.17, 15) is 19.0 Å². The number of nitrogens with zero attached hydrogens (tertiary/aromatic N) is 1. The summed E-state index contributed by atoms with van der Waals surface area (Å²) in [4.78, 5) is 38.0. The Morgan fingerprint density at radius 1 is 0.383 bits per heavy atom. The summed E-state index contributed by atoms with van der Waals surface area (Å²) in [5.41, 5.74) is 0. The van der Waals surface area contributed by atoms with Crippen molar-refractivity contribution in [2.45, 2.75) is 360 Å². The van der Waals surface area contributed by atoms with Crippen molar-refractivity contribution in [2.24, 2.45) is 0 Å². The number of ether oxygens (including phenoxy) is 2. The molecule has 9 nitrogen and oxygen atoms in total. The van der Waals surface area contributed by atoms with Crippen LogP contribution in [0.2, 0.25) is 0 Å². The highest BCUT2D eigenvalue weighted by Gasteiger charge is 2.22. The van der Waals surface area contributed by atoms with Gasteiger partial charge < -0.3 is 27.9 Å². The molecule has 0 aliphatic carbocycles. The third-order valence-electron chi connectivity index (χ3n) is 15.9. The van der Waals surface area contributed by atoms with Gasteiger partial charge in [0, 0.05) is 12.8 Å². The predicted molar refractivity (Wildman–Crippen MR) is 347 cm³/mol. The van der Waals surface area contributed by atoms with Crippen LogP contribution in [0.1, 0.15) is 354 Å². The average Bonchev–Trinajstić information content (AvgIpc) is 3.44. The van der Waals surface area contributed by atoms with Crippen molar-refractivity contribution in [1.29, 1.82) is 0 Å². The van der Waals surface area contributed by atoms with Gasteiger partial charge >= 0.3 is 11.9 Å². The number of esters is 2. The van der Waals surface area contributed by atoms with E-state index in [1.165, 1.54) is 250 Å². The Balaban J connectivity index is 3.90. The van der Waals surface area contributed by atoms with Gasteiger partial charge in [0.15, 0.2) is 6.10 Å². The number of carbonyl (C=O) groups excluding carboxylic acids is 2. The van der Waals surface area contributed by atoms with E-state index in [-0.39, 0.29) is 32.0 Å². The van der Waals surface area contributed by atoms with Gasteiger partial charge in [-0.15, -0.1) is 0 Å². The molecule has 0 bridgehead atoms. The first kappa shape index (κ1) is 79.2. The molecule has 0 radical (unpaired) electrons. The molecule has 2 unspecified atom stereocenters. The molecule has 10 heteroatoms. The highest BCUT2D eigenvalue weighted by molar-refractivity contribution is 7.45. The topological polar surface area (TPSA) is 111 Å². The van der Waals surface area contributed by atoms with E-state index >= 15 is 0 Å². The second-order valence-electron chi connectivity index (χ2n) is 25.3. The molecule has 0 aliphatic rings. The minimum Gasteiger partial charge on any atom is -0.756 e. The molecule has 0 saturated carbocycles. The highest BCUT2D eigenvalue weighted by atomic mass is 31.2. The van der Waals surface area contributed by atoms with Crippen LogP contribution in [0.15, 0.2) is 36.5 Å². The Bertz CT molecular complexity index is 1460. The number of hydrogen-bond donors (Lipinski definition) is 0. The lowest BCUT2D eigenvalue weighted by Gasteiger charge is -2.28. The zero-order valence-corrected chi connectivity index (χ0v) is 55.4. The summed E-state index contributed by atoms with van der Waals surface area (Å²) in [5.74, 6) is -0.832. The van der Waals surface area contributed by atoms with Crippen LogP contribution in [0.25, 0.3) is 0 Å². The number of carbonyl (C=O) groups is 2. The molecule has 0 heterocycles. The van der Waals surface area contributed by atoms with Crippen LogP contribution in [-0.4, -0.2) is 70.0 Å². The van der Waals surface area contributed by atoms with Crippen molar-refractivity contribution in [3.8, 4) is 0 Å². The number of rotatable bonds is 66. The third kappa shape index (κ3) is 67.2. The molecule has 2 atom stereocenters. The first-order valence-corrected chi connectivity index (χ1v) is 36.7. The second-order valence-corrected chi connectivity index (χ2v) is 26.7. The summed E-state index contributed by atoms with van der Waals surface area (Å²) in [6, 6.07) is 0. The summed E-state index contributed by atoms with van der Waals surface area (Å²) >= 11 is 0. The molecule has 0 fully saturated rings. The van der Waals surface area contributed by atoms with Gasteiger partial charge in [-0.05, 0) is 51.4 Å². The zero-order chi connectivity index (χ0) is 59.1. The van der Waals surface area contributed by atoms with Crippen molar-refractivity contribution < 1.29 is 42.1 Å². The van der Waals surface area contributed by atoms with Gasteiger partial charge in [0.2, 0.25) is 0 Å². The normalized spacial score (nSPS) is 13.3. The van der Waals surface area contributed by atoms with Gasteiger partial charge in [-0.1, -0.05) is 326 Å². The van der Waals surface area contributed by atoms with Gasteiger partial charge in [0.05, 0.1) is 27.7 Å². The summed E-state index contributed by atoms with van der Waals surface area (Å²) in [7, 11) is 1.17. The second kappa shape index (κ2) is 62.8. The average molecular weight is 1160 g/mol. The van der Waals surface area contributed by atoms with Crippen molar-refractivity contribution in [2.75, 3.05) is 47.5 Å². The summed E-state index contributed by atoms with van der Waals surface area (Å²) in [6.45, 7) is 4.25. The van der Waals surface area contributed by atoms with Crippen molar-refractivity contribution in [1.82, 2.24) is 0 Å². The Morgan fingerprint density at radius 2 is 0.667 bits per heavy atom. The predicted octanol–water partition coefficient (Wildman–Crippen LogP) is 22.0. The van der Waals surface area contributed by atoms with Gasteiger partial charge in [-0.2, -0.15) is 0 Å². The summed E-state index contributed by atoms with van der Waals surface area (Å²) in [5, 5.41) is 0. The van der Waals surface area contributed by atoms with E-state index in [1.54, 1.807) is 0 Å². The molecule has 0 amide bonds. The van der Waals surface area contributed by atoms with E-state index in [4.69, 9.17) is 18.5 Å². The minimum absolute atomic E-state index is 0.0324. The van der Waals surface area contributed by atoms with Crippen molar-refractivity contribution >= 4 is 19.8 Å². The van der Waals surface area contributed by atoms with Gasteiger partial charge in [0.25, 0.3) is 7.82 Å². The molecule has 0 aromatic carbocycles. The van der Waals surface area contributed by atoms with E-state index in [0.29, 0.717) is 17.4 Å². The Labute approximate surface area is 503 Å². The van der Waals surface area contributed by atoms with E-state index in [2.05, 4.69) is 50.3 Å². The molecule has 0 aromatic heterocycles. The standard InChI is InChI=1S/C71H136NO8P/c1-6-8-10-12-14-16-18-20-22-24-26-27-28-29-30-31-32-33-34-35-36-37-38-39-40-41-42-43-44-46-47-49-51-53-55-57-59-61-63-70(73)77-67-69(68-79-81(75,76)78-66-65-72(3,4)5)80-71(74)64-62-60-58-56-54-52-50-48-45-25-23-21-19-17-15-13-11-9-7-2/h15,17,21,23,45,48,69H,6-14,16,18-20,22,24-44,46-47,49-68H2,1-5H3/b17-15-,23-21-,48-45-. The molecule has 0 spiro atoms. The highest BCUT2D eigenvalue weighted by Crippen LogP contribution is 2.38. The number of phosphoric acid groups is 1. The number of quaternary nitrogens is 1. The fourth-order valence-corrected chi connectivity index (χ4v) is 11.2. The first-order valence-electron chi connectivity index (χ1n) is 35.2. The van der Waals surface area contributed by atoms with Gasteiger partial charge in [0.1, 0.15) is 19.8 Å². The molecule has 0 aliphatic heterocycles. The molecule has 478 valence electrons. The maximum absolute atomic E-state index is 12.8. The molecule has 0 saturated heterocycles. The fourth-order valence-electron chi connectivity index (χ4n) is 10.5. The Kier molecular flexibility index (Phi) is 61.4. The van der Waals surface area contributed by atoms with Crippen LogP contribution >= 0.6 is 7.82 Å². The van der Waals surface area contributed by atoms with Crippen LogP contribution in [0.4, 0.5) is 0 Å². The molecule has 0 N–H and O–H groups in total. The minimum atomic E-state index is -4.64. The van der Waals surface area contributed by atoms with Gasteiger partial charge in [-0.25, -0.2) is 0 Å². The Morgan fingerprint density at radius 3 is 1.01 bits per heavy atom. The molecule has 0 rings (SSSR count). The lowest BCUT2D eigenvalue weighted by Crippen LogP contribution is -2.37. The third-order valence-corrected chi connectivity index (χ3v) is 16.9. The SMILES string of the molecule is CCCCC/C=C\C/C=C\C/C=C\CCCCCCCCC(=O)OC(COC(=O)CCCCCCCCCCCCCCCCCCCCCCCCCCCCCCCCCCCCCCCC)COP(=O)([O-])OCC[N+](C)(C)C. The molecular weight excluding hydrogens is 1030 g/mol. The number of allylic oxidation sites excluding steroid dienone is 6. The largest absolute Gasteiger partial charge is 0.756 e. The van der Waals surface area contributed by atoms with Crippen molar-refractivity contribution in [3.63, 3.8) is 0 Å². The van der Waals surface area contributed by atoms with Crippen LogP contribution < -0.4 is 4.89 Å². The number of phosphoric ester groups is 1. The lowest BCUT2D eigenvalue weighted by molar-refractivity contribution is -0.870. The number of likely N-dealkylation sites (N-methyl/N-ethyl adjacent to an activating group) is 1. The molecule has 81 heavy (non-hydrogen) atoms. The van der Waals surface area contributed by atoms with E-state index in [0.717, 1.165) is 70.6 Å². The zero-order valence-electron chi connectivity index (χ0n) is 54.5. The van der Waals surface area contributed by atoms with Crippen LogP contribution in [0.5, 0.6) is 0 Å². The first-order chi connectivity index (χ1) is 39.5. The van der Waals surface area contributed by atoms with E-state index < -0.39 is 26.5 Å². The summed E-state index contributed by atoms with van der Waals surface area (Å²) < 4.78 is 34.2. The fraction of sp³-hybridized carbons (Fsp3) is 0.887. The van der Waals surface area contributed by atoms with E-state index in [1.807, 2.05) is 21.1 Å². The van der Waals surface area contributed by atoms with Crippen LogP contribution in [-0.2, 0) is 32.7 Å². The summed E-state index contributed by atoms with van der Waals surface area (Å²) in [6.07, 6.45) is 79.7. The number of hydrogen-bond acceptors (Lipinski definition) is 8. The monoisotopic (exact) mass is 1160 g/mol. The molecule has 0 aromatic rings. The number of unbranched alkanes of at least 4 members (excludes halogenated alkanes) is 46. The lowest BCUT2D eigenvalue weighted by atomic mass is 10.0. The van der Waals surface area contributed by atoms with Crippen LogP contribution in [0.3, 0.4) is 0 Å². The maximum Gasteiger partial charge on any atom is 0.306 e. The maximum atomic E-state index is 12.8. The Hall–Kier alpha value is -1.77. The molecular formula is C71H136NO8P. The van der Waals surface area contributed by atoms with Gasteiger partial charge in [-0.3, -0.25) is 14.2 Å².